The van der Waals surface area contributed by atoms with Gasteiger partial charge in [-0.3, -0.25) is 4.90 Å². The minimum Gasteiger partial charge on any atom is -0.487 e. The van der Waals surface area contributed by atoms with Gasteiger partial charge in [0, 0.05) is 13.1 Å². The maximum Gasteiger partial charge on any atom is 0.461 e. The first-order chi connectivity index (χ1) is 11.7. The van der Waals surface area contributed by atoms with Gasteiger partial charge < -0.3 is 3.79 Å². The smallest absolute Gasteiger partial charge is 0.461 e. The zero-order valence-electron chi connectivity index (χ0n) is 17.6. The van der Waals surface area contributed by atoms with Crippen LogP contribution in [0.3, 0.4) is 0 Å². The summed E-state index contributed by atoms with van der Waals surface area (Å²) in [4.78, 5) is 2.61. The molecule has 0 aliphatic carbocycles. The van der Waals surface area contributed by atoms with Crippen LogP contribution in [-0.2, 0) is 3.79 Å². The molecule has 0 saturated carbocycles. The number of nitrogens with zero attached hydrogens (tertiary/aromatic N) is 1. The molecule has 0 aliphatic rings. The maximum atomic E-state index is 6.79. The molecule has 0 N–H and O–H groups in total. The van der Waals surface area contributed by atoms with Crippen LogP contribution in [-0.4, -0.2) is 38.7 Å². The molecular formula is C21H46AlNO. The highest BCUT2D eigenvalue weighted by molar-refractivity contribution is 6.51. The lowest BCUT2D eigenvalue weighted by atomic mass is 10.2. The first kappa shape index (κ1) is 24.5. The van der Waals surface area contributed by atoms with Crippen molar-refractivity contribution in [2.45, 2.75) is 122 Å². The Balaban J connectivity index is 4.50. The van der Waals surface area contributed by atoms with Gasteiger partial charge in [-0.25, -0.2) is 0 Å². The highest BCUT2D eigenvalue weighted by atomic mass is 27.2. The van der Waals surface area contributed by atoms with Crippen molar-refractivity contribution in [1.82, 2.24) is 4.90 Å². The number of rotatable bonds is 18. The predicted octanol–water partition coefficient (Wildman–Crippen LogP) is 7.01. The van der Waals surface area contributed by atoms with Crippen LogP contribution in [0, 0.1) is 0 Å². The van der Waals surface area contributed by atoms with E-state index in [2.05, 4.69) is 39.5 Å². The summed E-state index contributed by atoms with van der Waals surface area (Å²) < 4.78 is 6.79. The van der Waals surface area contributed by atoms with E-state index < -0.39 is 14.5 Å². The molecule has 1 unspecified atom stereocenters. The fraction of sp³-hybridized carbons (Fsp3) is 1.00. The summed E-state index contributed by atoms with van der Waals surface area (Å²) in [7, 11) is 0. The molecule has 3 heteroatoms. The maximum absolute atomic E-state index is 6.79. The van der Waals surface area contributed by atoms with E-state index in [0.29, 0.717) is 6.23 Å². The first-order valence-electron chi connectivity index (χ1n) is 11.1. The Morgan fingerprint density at radius 1 is 0.667 bits per heavy atom. The highest BCUT2D eigenvalue weighted by Gasteiger charge is 2.26. The topological polar surface area (TPSA) is 12.5 Å². The SMILES string of the molecule is CCCCC[CH2][Al]([CH2]CCCCC)[O]C(CC)N(CCC)CCC. The van der Waals surface area contributed by atoms with E-state index in [1.807, 2.05) is 0 Å². The third-order valence-corrected chi connectivity index (χ3v) is 7.69. The van der Waals surface area contributed by atoms with Gasteiger partial charge in [-0.2, -0.15) is 0 Å². The van der Waals surface area contributed by atoms with E-state index in [1.54, 1.807) is 0 Å². The molecule has 0 saturated heterocycles. The van der Waals surface area contributed by atoms with E-state index >= 15 is 0 Å². The van der Waals surface area contributed by atoms with Gasteiger partial charge in [-0.15, -0.1) is 0 Å². The van der Waals surface area contributed by atoms with Crippen LogP contribution in [0.1, 0.15) is 105 Å². The van der Waals surface area contributed by atoms with E-state index in [9.17, 15) is 0 Å². The molecule has 24 heavy (non-hydrogen) atoms. The Labute approximate surface area is 158 Å². The van der Waals surface area contributed by atoms with Gasteiger partial charge >= 0.3 is 14.5 Å². The van der Waals surface area contributed by atoms with Crippen LogP contribution in [0.25, 0.3) is 0 Å². The van der Waals surface area contributed by atoms with E-state index in [4.69, 9.17) is 3.79 Å². The lowest BCUT2D eigenvalue weighted by Crippen LogP contribution is -2.41. The average molecular weight is 356 g/mol. The molecule has 0 heterocycles. The van der Waals surface area contributed by atoms with Crippen LogP contribution in [0.4, 0.5) is 0 Å². The molecule has 0 aromatic carbocycles. The zero-order chi connectivity index (χ0) is 18.0. The van der Waals surface area contributed by atoms with Crippen LogP contribution in [0.5, 0.6) is 0 Å². The third kappa shape index (κ3) is 12.8. The molecular weight excluding hydrogens is 309 g/mol. The molecule has 0 spiro atoms. The summed E-state index contributed by atoms with van der Waals surface area (Å²) in [6.45, 7) is 13.9. The second-order valence-corrected chi connectivity index (χ2v) is 10.0. The molecule has 0 amide bonds. The lowest BCUT2D eigenvalue weighted by Gasteiger charge is -2.33. The molecule has 0 radical (unpaired) electrons. The Hall–Kier alpha value is 0.452. The molecule has 0 fully saturated rings. The largest absolute Gasteiger partial charge is 0.487 e. The monoisotopic (exact) mass is 355 g/mol. The normalized spacial score (nSPS) is 12.8. The van der Waals surface area contributed by atoms with Crippen molar-refractivity contribution in [3.63, 3.8) is 0 Å². The molecule has 0 aromatic rings. The van der Waals surface area contributed by atoms with Crippen LogP contribution in [0.2, 0.25) is 10.6 Å². The minimum atomic E-state index is -1.04. The van der Waals surface area contributed by atoms with Gasteiger partial charge in [0.2, 0.25) is 0 Å². The summed E-state index contributed by atoms with van der Waals surface area (Å²) in [6.07, 6.45) is 15.1. The summed E-state index contributed by atoms with van der Waals surface area (Å²) in [5, 5.41) is 2.80. The Kier molecular flexibility index (Phi) is 18.6. The molecule has 2 nitrogen and oxygen atoms in total. The average Bonchev–Trinajstić information content (AvgIpc) is 2.59. The third-order valence-electron chi connectivity index (χ3n) is 4.89. The van der Waals surface area contributed by atoms with Crippen molar-refractivity contribution in [2.75, 3.05) is 13.1 Å². The highest BCUT2D eigenvalue weighted by Crippen LogP contribution is 2.19. The number of hydrogen-bond acceptors (Lipinski definition) is 2. The second-order valence-electron chi connectivity index (χ2n) is 7.36. The molecule has 144 valence electrons. The van der Waals surface area contributed by atoms with Gasteiger partial charge in [0.15, 0.2) is 0 Å². The van der Waals surface area contributed by atoms with Gasteiger partial charge in [0.25, 0.3) is 0 Å². The first-order valence-corrected chi connectivity index (χ1v) is 13.2. The van der Waals surface area contributed by atoms with Gasteiger partial charge in [0.05, 0.1) is 6.23 Å². The van der Waals surface area contributed by atoms with Crippen LogP contribution in [0.15, 0.2) is 0 Å². The van der Waals surface area contributed by atoms with Crippen molar-refractivity contribution < 1.29 is 3.79 Å². The van der Waals surface area contributed by atoms with Crippen molar-refractivity contribution in [3.8, 4) is 0 Å². The van der Waals surface area contributed by atoms with Crippen molar-refractivity contribution >= 4 is 14.5 Å². The summed E-state index contributed by atoms with van der Waals surface area (Å²) in [6, 6.07) is 0. The predicted molar refractivity (Wildman–Crippen MR) is 111 cm³/mol. The van der Waals surface area contributed by atoms with Crippen LogP contribution >= 0.6 is 0 Å². The molecule has 0 bridgehead atoms. The number of hydrogen-bond donors (Lipinski definition) is 0. The van der Waals surface area contributed by atoms with Gasteiger partial charge in [-0.05, 0) is 19.3 Å². The summed E-state index contributed by atoms with van der Waals surface area (Å²) in [5.74, 6) is 0. The Morgan fingerprint density at radius 3 is 1.54 bits per heavy atom. The van der Waals surface area contributed by atoms with Crippen molar-refractivity contribution in [3.05, 3.63) is 0 Å². The summed E-state index contributed by atoms with van der Waals surface area (Å²) in [5.41, 5.74) is 0. The van der Waals surface area contributed by atoms with Gasteiger partial charge in [0.1, 0.15) is 0 Å². The fourth-order valence-corrected chi connectivity index (χ4v) is 6.37. The minimum absolute atomic E-state index is 0.388. The number of unbranched alkanes of at least 4 members (excludes halogenated alkanes) is 6. The molecule has 0 aliphatic heterocycles. The van der Waals surface area contributed by atoms with Crippen molar-refractivity contribution in [1.29, 1.82) is 0 Å². The zero-order valence-corrected chi connectivity index (χ0v) is 18.8. The van der Waals surface area contributed by atoms with E-state index in [1.165, 1.54) is 87.9 Å². The van der Waals surface area contributed by atoms with E-state index in [0.717, 1.165) is 6.42 Å². The fourth-order valence-electron chi connectivity index (χ4n) is 3.51. The summed E-state index contributed by atoms with van der Waals surface area (Å²) >= 11 is -1.04. The Morgan fingerprint density at radius 2 is 1.17 bits per heavy atom. The lowest BCUT2D eigenvalue weighted by molar-refractivity contribution is 0.0188. The second kappa shape index (κ2) is 18.2. The standard InChI is InChI=1S/C9H20NO.2C6H13.Al/c1-4-7-10(8-5-2)9(11)6-3;2*1-3-5-6-4-2;/h9H,4-8H2,1-3H3;2*1,3-6H2,2H3;/q-1;;;+1. The van der Waals surface area contributed by atoms with Gasteiger partial charge in [-0.1, -0.05) is 96.6 Å². The molecule has 0 aromatic heterocycles. The Bertz CT molecular complexity index is 232. The van der Waals surface area contributed by atoms with E-state index in [-0.39, 0.29) is 0 Å². The molecule has 0 rings (SSSR count). The molecule has 1 atom stereocenters. The quantitative estimate of drug-likeness (QED) is 0.149. The van der Waals surface area contributed by atoms with Crippen LogP contribution < -0.4 is 0 Å². The van der Waals surface area contributed by atoms with Crippen molar-refractivity contribution in [2.24, 2.45) is 0 Å².